The fourth-order valence-electron chi connectivity index (χ4n) is 2.25. The van der Waals surface area contributed by atoms with Gasteiger partial charge in [-0.05, 0) is 6.92 Å². The monoisotopic (exact) mass is 277 g/mol. The van der Waals surface area contributed by atoms with E-state index in [4.69, 9.17) is 5.11 Å². The lowest BCUT2D eigenvalue weighted by Crippen LogP contribution is -2.28. The van der Waals surface area contributed by atoms with E-state index in [1.165, 1.54) is 20.6 Å². The van der Waals surface area contributed by atoms with Gasteiger partial charge in [-0.25, -0.2) is 4.79 Å². The molecule has 0 unspecified atom stereocenters. The fourth-order valence-corrected chi connectivity index (χ4v) is 2.25. The number of aliphatic carboxylic acids is 1. The van der Waals surface area contributed by atoms with Crippen LogP contribution in [0.25, 0.3) is 16.9 Å². The Balaban J connectivity index is 2.50. The van der Waals surface area contributed by atoms with Crippen molar-refractivity contribution in [2.45, 2.75) is 13.5 Å². The molecule has 3 heterocycles. The first-order valence-corrected chi connectivity index (χ1v) is 5.79. The van der Waals surface area contributed by atoms with Crippen LogP contribution in [0, 0.1) is 6.92 Å². The number of rotatable bonds is 2. The quantitative estimate of drug-likeness (QED) is 0.628. The molecule has 2 N–H and O–H groups in total. The summed E-state index contributed by atoms with van der Waals surface area (Å²) >= 11 is 0. The van der Waals surface area contributed by atoms with Gasteiger partial charge in [0.05, 0.1) is 0 Å². The minimum Gasteiger partial charge on any atom is -0.480 e. The number of nitrogens with one attached hydrogen (secondary N) is 1. The van der Waals surface area contributed by atoms with E-state index in [2.05, 4.69) is 9.97 Å². The van der Waals surface area contributed by atoms with Crippen LogP contribution in [0.4, 0.5) is 0 Å². The van der Waals surface area contributed by atoms with Crippen molar-refractivity contribution in [3.63, 3.8) is 0 Å². The molecule has 104 valence electrons. The molecule has 0 aliphatic rings. The molecular formula is C11H11N5O4. The number of aromatic amines is 1. The van der Waals surface area contributed by atoms with E-state index in [-0.39, 0.29) is 17.7 Å². The number of carboxylic acid groups (broad SMARTS) is 1. The van der Waals surface area contributed by atoms with Gasteiger partial charge >= 0.3 is 11.7 Å². The number of carbonyl (C=O) groups is 1. The van der Waals surface area contributed by atoms with Crippen molar-refractivity contribution in [2.75, 3.05) is 0 Å². The molecule has 20 heavy (non-hydrogen) atoms. The first kappa shape index (κ1) is 12.2. The maximum atomic E-state index is 11.9. The molecule has 0 saturated carbocycles. The Kier molecular flexibility index (Phi) is 2.33. The highest BCUT2D eigenvalue weighted by Crippen LogP contribution is 2.15. The fraction of sp³-hybridized carbons (Fsp3) is 0.273. The molecule has 3 rings (SSSR count). The summed E-state index contributed by atoms with van der Waals surface area (Å²) in [5.74, 6) is -0.701. The highest BCUT2D eigenvalue weighted by Gasteiger charge is 2.18. The number of fused-ring (bicyclic) bond motifs is 3. The Bertz CT molecular complexity index is 971. The SMILES string of the molecule is Cc1cn2c3c(=O)[nH]c(=O)n(C)c3nc2n1CC(=O)O. The lowest BCUT2D eigenvalue weighted by Gasteiger charge is -2.00. The second-order valence-electron chi connectivity index (χ2n) is 4.52. The molecule has 0 radical (unpaired) electrons. The first-order chi connectivity index (χ1) is 9.40. The van der Waals surface area contributed by atoms with Crippen LogP contribution < -0.4 is 11.2 Å². The molecule has 0 aliphatic heterocycles. The van der Waals surface area contributed by atoms with Crippen molar-refractivity contribution in [3.8, 4) is 0 Å². The number of carboxylic acids is 1. The van der Waals surface area contributed by atoms with Crippen molar-refractivity contribution >= 4 is 22.9 Å². The van der Waals surface area contributed by atoms with E-state index in [0.717, 1.165) is 0 Å². The standard InChI is InChI=1S/C11H11N5O4/c1-5-3-16-7-8(14(2)11(20)13-9(7)19)12-10(16)15(5)4-6(17)18/h3H,4H2,1-2H3,(H,17,18)(H,13,19,20). The van der Waals surface area contributed by atoms with Gasteiger partial charge in [0.2, 0.25) is 5.78 Å². The van der Waals surface area contributed by atoms with Crippen molar-refractivity contribution < 1.29 is 9.90 Å². The van der Waals surface area contributed by atoms with Crippen LogP contribution in [0.1, 0.15) is 5.69 Å². The van der Waals surface area contributed by atoms with E-state index in [0.29, 0.717) is 11.5 Å². The van der Waals surface area contributed by atoms with Crippen LogP contribution >= 0.6 is 0 Å². The van der Waals surface area contributed by atoms with Crippen LogP contribution in [-0.2, 0) is 18.4 Å². The molecule has 0 fully saturated rings. The van der Waals surface area contributed by atoms with Crippen molar-refractivity contribution in [1.82, 2.24) is 23.5 Å². The molecule has 3 aromatic rings. The molecule has 9 heteroatoms. The number of hydrogen-bond acceptors (Lipinski definition) is 4. The van der Waals surface area contributed by atoms with Crippen molar-refractivity contribution in [2.24, 2.45) is 7.05 Å². The Labute approximate surface area is 110 Å². The first-order valence-electron chi connectivity index (χ1n) is 5.79. The molecule has 0 bridgehead atoms. The molecule has 9 nitrogen and oxygen atoms in total. The summed E-state index contributed by atoms with van der Waals surface area (Å²) in [6.45, 7) is 1.46. The van der Waals surface area contributed by atoms with E-state index in [1.54, 1.807) is 13.1 Å². The minimum atomic E-state index is -1.01. The minimum absolute atomic E-state index is 0.216. The van der Waals surface area contributed by atoms with Crippen LogP contribution in [0.15, 0.2) is 15.8 Å². The summed E-state index contributed by atoms with van der Waals surface area (Å²) in [5, 5.41) is 8.92. The topological polar surface area (TPSA) is 114 Å². The zero-order valence-corrected chi connectivity index (χ0v) is 10.7. The van der Waals surface area contributed by atoms with Gasteiger partial charge in [0.1, 0.15) is 6.54 Å². The number of imidazole rings is 2. The van der Waals surface area contributed by atoms with Gasteiger partial charge in [-0.15, -0.1) is 0 Å². The summed E-state index contributed by atoms with van der Waals surface area (Å²) in [5.41, 5.74) is -0.0277. The maximum Gasteiger partial charge on any atom is 0.329 e. The molecule has 0 aliphatic carbocycles. The highest BCUT2D eigenvalue weighted by molar-refractivity contribution is 5.76. The van der Waals surface area contributed by atoms with Gasteiger partial charge in [-0.2, -0.15) is 4.98 Å². The third-order valence-corrected chi connectivity index (χ3v) is 3.21. The summed E-state index contributed by atoms with van der Waals surface area (Å²) in [6.07, 6.45) is 1.62. The van der Waals surface area contributed by atoms with Gasteiger partial charge in [0.25, 0.3) is 5.56 Å². The van der Waals surface area contributed by atoms with Gasteiger partial charge in [0.15, 0.2) is 11.2 Å². The summed E-state index contributed by atoms with van der Waals surface area (Å²) in [6, 6.07) is 0. The van der Waals surface area contributed by atoms with Gasteiger partial charge in [-0.1, -0.05) is 0 Å². The predicted molar refractivity (Wildman–Crippen MR) is 68.9 cm³/mol. The summed E-state index contributed by atoms with van der Waals surface area (Å²) in [4.78, 5) is 40.7. The van der Waals surface area contributed by atoms with E-state index in [9.17, 15) is 14.4 Å². The Morgan fingerprint density at radius 1 is 1.45 bits per heavy atom. The number of aromatic nitrogens is 5. The molecular weight excluding hydrogens is 266 g/mol. The lowest BCUT2D eigenvalue weighted by atomic mass is 10.5. The van der Waals surface area contributed by atoms with Crippen LogP contribution in [-0.4, -0.2) is 34.6 Å². The number of nitrogens with zero attached hydrogens (tertiary/aromatic N) is 4. The molecule has 0 atom stereocenters. The smallest absolute Gasteiger partial charge is 0.329 e. The van der Waals surface area contributed by atoms with E-state index in [1.807, 2.05) is 0 Å². The summed E-state index contributed by atoms with van der Waals surface area (Å²) in [7, 11) is 1.49. The second kappa shape index (κ2) is 3.83. The van der Waals surface area contributed by atoms with E-state index < -0.39 is 17.2 Å². The van der Waals surface area contributed by atoms with Gasteiger partial charge in [-0.3, -0.25) is 23.5 Å². The van der Waals surface area contributed by atoms with Crippen LogP contribution in [0.2, 0.25) is 0 Å². The Morgan fingerprint density at radius 3 is 2.80 bits per heavy atom. The molecule has 0 aromatic carbocycles. The van der Waals surface area contributed by atoms with E-state index >= 15 is 0 Å². The summed E-state index contributed by atoms with van der Waals surface area (Å²) < 4.78 is 4.17. The Hall–Kier alpha value is -2.84. The molecule has 3 aromatic heterocycles. The van der Waals surface area contributed by atoms with Crippen molar-refractivity contribution in [3.05, 3.63) is 32.7 Å². The molecule has 0 amide bonds. The molecule has 0 spiro atoms. The largest absolute Gasteiger partial charge is 0.480 e. The zero-order chi connectivity index (χ0) is 14.6. The zero-order valence-electron chi connectivity index (χ0n) is 10.7. The molecule has 0 saturated heterocycles. The number of aryl methyl sites for hydroxylation is 2. The Morgan fingerprint density at radius 2 is 2.15 bits per heavy atom. The third kappa shape index (κ3) is 1.49. The highest BCUT2D eigenvalue weighted by atomic mass is 16.4. The second-order valence-corrected chi connectivity index (χ2v) is 4.52. The van der Waals surface area contributed by atoms with Gasteiger partial charge < -0.3 is 9.67 Å². The van der Waals surface area contributed by atoms with Crippen molar-refractivity contribution in [1.29, 1.82) is 0 Å². The average molecular weight is 277 g/mol. The number of H-pyrrole nitrogens is 1. The predicted octanol–water partition coefficient (Wildman–Crippen LogP) is -0.931. The lowest BCUT2D eigenvalue weighted by molar-refractivity contribution is -0.137. The van der Waals surface area contributed by atoms with Gasteiger partial charge in [0, 0.05) is 18.9 Å². The van der Waals surface area contributed by atoms with Crippen LogP contribution in [0.3, 0.4) is 0 Å². The van der Waals surface area contributed by atoms with Crippen LogP contribution in [0.5, 0.6) is 0 Å². The number of hydrogen-bond donors (Lipinski definition) is 2. The normalized spacial score (nSPS) is 11.5. The third-order valence-electron chi connectivity index (χ3n) is 3.21. The average Bonchev–Trinajstić information content (AvgIpc) is 2.84. The maximum absolute atomic E-state index is 11.9.